The average Bonchev–Trinajstić information content (AvgIpc) is 2.92. The first-order valence-electron chi connectivity index (χ1n) is 10.3. The predicted octanol–water partition coefficient (Wildman–Crippen LogP) is 2.75. The number of para-hydroxylation sites is 1. The minimum absolute atomic E-state index is 0.00296. The average molecular weight is 423 g/mol. The summed E-state index contributed by atoms with van der Waals surface area (Å²) >= 11 is 0. The molecule has 1 atom stereocenters. The van der Waals surface area contributed by atoms with E-state index in [1.807, 2.05) is 36.4 Å². The van der Waals surface area contributed by atoms with E-state index in [0.29, 0.717) is 38.6 Å². The van der Waals surface area contributed by atoms with Gasteiger partial charge in [-0.3, -0.25) is 4.21 Å². The topological polar surface area (TPSA) is 80.5 Å². The Morgan fingerprint density at radius 3 is 2.77 bits per heavy atom. The number of hydrogen-bond donors (Lipinski definition) is 2. The number of aromatic nitrogens is 1. The van der Waals surface area contributed by atoms with E-state index in [1.54, 1.807) is 0 Å². The lowest BCUT2D eigenvalue weighted by Crippen LogP contribution is -2.52. The summed E-state index contributed by atoms with van der Waals surface area (Å²) in [7, 11) is -0.982. The van der Waals surface area contributed by atoms with Crippen LogP contribution >= 0.6 is 0 Å². The second-order valence-electron chi connectivity index (χ2n) is 8.17. The summed E-state index contributed by atoms with van der Waals surface area (Å²) in [5.74, 6) is 1.50. The second-order valence-corrected chi connectivity index (χ2v) is 9.71. The number of benzene rings is 2. The Bertz CT molecular complexity index is 1090. The number of nitrogens with one attached hydrogen (secondary N) is 1. The zero-order chi connectivity index (χ0) is 20.6. The summed E-state index contributed by atoms with van der Waals surface area (Å²) in [4.78, 5) is 8.10. The minimum atomic E-state index is -0.982. The van der Waals surface area contributed by atoms with Crippen molar-refractivity contribution in [2.24, 2.45) is 11.1 Å². The van der Waals surface area contributed by atoms with E-state index in [0.717, 1.165) is 39.4 Å². The summed E-state index contributed by atoms with van der Waals surface area (Å²) in [6, 6.07) is 18.3. The van der Waals surface area contributed by atoms with Crippen LogP contribution in [0.4, 0.5) is 11.5 Å². The maximum Gasteiger partial charge on any atom is 0.131 e. The molecule has 2 aromatic carbocycles. The first-order valence-corrected chi connectivity index (χ1v) is 11.6. The number of pyridine rings is 1. The number of nitrogens with two attached hydrogens (primary N) is 1. The highest BCUT2D eigenvalue weighted by molar-refractivity contribution is 7.85. The molecule has 5 rings (SSSR count). The van der Waals surface area contributed by atoms with E-state index in [4.69, 9.17) is 15.5 Å². The van der Waals surface area contributed by atoms with Gasteiger partial charge in [0, 0.05) is 59.4 Å². The van der Waals surface area contributed by atoms with E-state index >= 15 is 0 Å². The largest absolute Gasteiger partial charge is 0.384 e. The summed E-state index contributed by atoms with van der Waals surface area (Å²) in [5.41, 5.74) is 9.10. The lowest BCUT2D eigenvalue weighted by atomic mass is 9.86. The first-order chi connectivity index (χ1) is 14.7. The van der Waals surface area contributed by atoms with Crippen LogP contribution in [0.25, 0.3) is 10.9 Å². The fraction of sp³-hybridized carbons (Fsp3) is 0.348. The highest BCUT2D eigenvalue weighted by atomic mass is 32.2. The van der Waals surface area contributed by atoms with Crippen molar-refractivity contribution in [3.05, 3.63) is 60.2 Å². The van der Waals surface area contributed by atoms with Crippen molar-refractivity contribution < 1.29 is 8.95 Å². The Labute approximate surface area is 178 Å². The van der Waals surface area contributed by atoms with Gasteiger partial charge in [0.15, 0.2) is 0 Å². The molecule has 3 N–H and O–H groups in total. The van der Waals surface area contributed by atoms with Gasteiger partial charge in [-0.15, -0.1) is 0 Å². The Kier molecular flexibility index (Phi) is 5.18. The van der Waals surface area contributed by atoms with Crippen LogP contribution in [0.1, 0.15) is 5.56 Å². The van der Waals surface area contributed by atoms with Gasteiger partial charge in [-0.05, 0) is 17.7 Å². The Morgan fingerprint density at radius 2 is 1.97 bits per heavy atom. The molecule has 156 valence electrons. The van der Waals surface area contributed by atoms with Crippen LogP contribution < -0.4 is 16.0 Å². The number of rotatable bonds is 5. The lowest BCUT2D eigenvalue weighted by Gasteiger charge is -2.40. The molecule has 0 aliphatic carbocycles. The molecule has 7 heteroatoms. The maximum absolute atomic E-state index is 12.7. The van der Waals surface area contributed by atoms with Crippen molar-refractivity contribution in [1.82, 2.24) is 4.98 Å². The summed E-state index contributed by atoms with van der Waals surface area (Å²) in [6.07, 6.45) is 0. The van der Waals surface area contributed by atoms with Gasteiger partial charge in [0.1, 0.15) is 5.82 Å². The van der Waals surface area contributed by atoms with Gasteiger partial charge < -0.3 is 20.7 Å². The molecule has 1 fully saturated rings. The number of fused-ring (bicyclic) bond motifs is 2. The van der Waals surface area contributed by atoms with Crippen LogP contribution in [0.3, 0.4) is 0 Å². The van der Waals surface area contributed by atoms with Crippen molar-refractivity contribution >= 4 is 33.2 Å². The van der Waals surface area contributed by atoms with Crippen LogP contribution in [0.5, 0.6) is 0 Å². The summed E-state index contributed by atoms with van der Waals surface area (Å²) < 4.78 is 18.1. The number of nitrogens with zero attached hydrogens (tertiary/aromatic N) is 2. The normalized spacial score (nSPS) is 20.3. The monoisotopic (exact) mass is 422 g/mol. The molecule has 1 aromatic heterocycles. The van der Waals surface area contributed by atoms with Crippen LogP contribution in [-0.4, -0.2) is 47.8 Å². The molecular weight excluding hydrogens is 396 g/mol. The molecule has 0 spiro atoms. The molecule has 6 nitrogen and oxygen atoms in total. The van der Waals surface area contributed by atoms with Gasteiger partial charge >= 0.3 is 0 Å². The van der Waals surface area contributed by atoms with Crippen molar-refractivity contribution in [1.29, 1.82) is 0 Å². The van der Waals surface area contributed by atoms with Gasteiger partial charge in [0.25, 0.3) is 0 Å². The van der Waals surface area contributed by atoms with E-state index in [2.05, 4.69) is 28.4 Å². The molecule has 3 aromatic rings. The molecule has 0 amide bonds. The number of ether oxygens (including phenoxy) is 1. The van der Waals surface area contributed by atoms with Gasteiger partial charge in [0.05, 0.1) is 29.5 Å². The van der Waals surface area contributed by atoms with Crippen LogP contribution in [0.15, 0.2) is 59.5 Å². The molecule has 2 aliphatic rings. The van der Waals surface area contributed by atoms with Crippen molar-refractivity contribution in [2.45, 2.75) is 11.4 Å². The number of hydrogen-bond acceptors (Lipinski definition) is 6. The van der Waals surface area contributed by atoms with Gasteiger partial charge in [0.2, 0.25) is 0 Å². The molecule has 0 bridgehead atoms. The van der Waals surface area contributed by atoms with E-state index in [9.17, 15) is 4.21 Å². The minimum Gasteiger partial charge on any atom is -0.384 e. The van der Waals surface area contributed by atoms with Crippen molar-refractivity contribution in [3.63, 3.8) is 0 Å². The van der Waals surface area contributed by atoms with Crippen LogP contribution in [0, 0.1) is 5.41 Å². The Balaban J connectivity index is 1.49. The quantitative estimate of drug-likeness (QED) is 0.658. The molecule has 1 saturated heterocycles. The molecular formula is C23H26N4O2S. The molecule has 30 heavy (non-hydrogen) atoms. The standard InChI is InChI=1S/C23H26N4O2S/c24-13-23(15-29-16-23)14-25-20-11-22(26-19-7-3-2-6-18(19)20)27-9-10-30(28)21-8-4-1-5-17(21)12-27/h1-8,11H,9-10,12-16,24H2,(H,25,26). The summed E-state index contributed by atoms with van der Waals surface area (Å²) in [5, 5.41) is 4.71. The Morgan fingerprint density at radius 1 is 1.17 bits per heavy atom. The molecule has 1 unspecified atom stereocenters. The molecule has 2 aliphatic heterocycles. The van der Waals surface area contributed by atoms with Gasteiger partial charge in [-0.1, -0.05) is 36.4 Å². The van der Waals surface area contributed by atoms with Crippen LogP contribution in [0.2, 0.25) is 0 Å². The van der Waals surface area contributed by atoms with Crippen molar-refractivity contribution in [3.8, 4) is 0 Å². The summed E-state index contributed by atoms with van der Waals surface area (Å²) in [6.45, 7) is 4.16. The maximum atomic E-state index is 12.7. The molecule has 3 heterocycles. The lowest BCUT2D eigenvalue weighted by molar-refractivity contribution is -0.0979. The third-order valence-corrected chi connectivity index (χ3v) is 7.50. The predicted molar refractivity (Wildman–Crippen MR) is 121 cm³/mol. The highest BCUT2D eigenvalue weighted by Crippen LogP contribution is 2.32. The molecule has 0 saturated carbocycles. The van der Waals surface area contributed by atoms with Gasteiger partial charge in [-0.25, -0.2) is 4.98 Å². The zero-order valence-corrected chi connectivity index (χ0v) is 17.7. The van der Waals surface area contributed by atoms with Gasteiger partial charge in [-0.2, -0.15) is 0 Å². The fourth-order valence-corrected chi connectivity index (χ4v) is 5.34. The first kappa shape index (κ1) is 19.5. The molecule has 0 radical (unpaired) electrons. The smallest absolute Gasteiger partial charge is 0.131 e. The van der Waals surface area contributed by atoms with Crippen molar-refractivity contribution in [2.75, 3.05) is 48.8 Å². The second kappa shape index (κ2) is 7.98. The van der Waals surface area contributed by atoms with E-state index in [1.165, 1.54) is 0 Å². The Hall–Kier alpha value is -2.48. The third kappa shape index (κ3) is 3.57. The van der Waals surface area contributed by atoms with Crippen LogP contribution in [-0.2, 0) is 22.1 Å². The van der Waals surface area contributed by atoms with E-state index < -0.39 is 10.8 Å². The number of anilines is 2. The fourth-order valence-electron chi connectivity index (χ4n) is 4.08. The van der Waals surface area contributed by atoms with E-state index in [-0.39, 0.29) is 5.41 Å². The third-order valence-electron chi connectivity index (χ3n) is 6.06. The highest BCUT2D eigenvalue weighted by Gasteiger charge is 2.37. The SMILES string of the molecule is NCC1(CNc2cc(N3CCS(=O)c4ccccc4C3)nc3ccccc23)COC1. The zero-order valence-electron chi connectivity index (χ0n) is 16.8.